The first-order chi connectivity index (χ1) is 7.68. The summed E-state index contributed by atoms with van der Waals surface area (Å²) >= 11 is 1.77. The average molecular weight is 238 g/mol. The zero-order valence-electron chi connectivity index (χ0n) is 10.5. The molecule has 2 nitrogen and oxygen atoms in total. The highest BCUT2D eigenvalue weighted by Gasteiger charge is 2.23. The van der Waals surface area contributed by atoms with Gasteiger partial charge < -0.3 is 5.32 Å². The molecule has 3 unspecified atom stereocenters. The second-order valence-electron chi connectivity index (χ2n) is 5.06. The highest BCUT2D eigenvalue weighted by Crippen LogP contribution is 2.28. The molecule has 1 N–H and O–H groups in total. The Morgan fingerprint density at radius 2 is 2.19 bits per heavy atom. The van der Waals surface area contributed by atoms with Gasteiger partial charge >= 0.3 is 0 Å². The van der Waals surface area contributed by atoms with Crippen molar-refractivity contribution in [2.75, 3.05) is 0 Å². The summed E-state index contributed by atoms with van der Waals surface area (Å²) < 4.78 is 0. The molecular weight excluding hydrogens is 216 g/mol. The lowest BCUT2D eigenvalue weighted by molar-refractivity contribution is 0.264. The lowest BCUT2D eigenvalue weighted by Gasteiger charge is -2.32. The van der Waals surface area contributed by atoms with Crippen LogP contribution in [0.1, 0.15) is 56.1 Å². The van der Waals surface area contributed by atoms with Gasteiger partial charge in [-0.3, -0.25) is 0 Å². The minimum absolute atomic E-state index is 0.457. The van der Waals surface area contributed by atoms with Gasteiger partial charge in [-0.1, -0.05) is 19.8 Å². The molecule has 16 heavy (non-hydrogen) atoms. The number of thiazole rings is 1. The van der Waals surface area contributed by atoms with Crippen LogP contribution in [-0.4, -0.2) is 11.0 Å². The van der Waals surface area contributed by atoms with Crippen molar-refractivity contribution >= 4 is 11.3 Å². The number of hydrogen-bond donors (Lipinski definition) is 1. The van der Waals surface area contributed by atoms with Crippen molar-refractivity contribution in [2.45, 2.75) is 58.5 Å². The van der Waals surface area contributed by atoms with Crippen LogP contribution in [0.15, 0.2) is 5.51 Å². The number of aromatic nitrogens is 1. The van der Waals surface area contributed by atoms with Gasteiger partial charge in [-0.25, -0.2) is 4.98 Å². The van der Waals surface area contributed by atoms with Crippen LogP contribution in [0.2, 0.25) is 0 Å². The highest BCUT2D eigenvalue weighted by molar-refractivity contribution is 7.09. The maximum atomic E-state index is 4.33. The fraction of sp³-hybridized carbons (Fsp3) is 0.769. The molecule has 1 aliphatic rings. The van der Waals surface area contributed by atoms with Gasteiger partial charge in [-0.15, -0.1) is 11.3 Å². The summed E-state index contributed by atoms with van der Waals surface area (Å²) in [5.41, 5.74) is 3.14. The minimum Gasteiger partial charge on any atom is -0.306 e. The van der Waals surface area contributed by atoms with Crippen molar-refractivity contribution in [1.29, 1.82) is 0 Å². The summed E-state index contributed by atoms with van der Waals surface area (Å²) in [6, 6.07) is 1.16. The Hall–Kier alpha value is -0.410. The van der Waals surface area contributed by atoms with Crippen LogP contribution < -0.4 is 5.32 Å². The Bertz CT molecular complexity index is 334. The molecule has 1 aliphatic carbocycles. The maximum Gasteiger partial charge on any atom is 0.0798 e. The van der Waals surface area contributed by atoms with Crippen molar-refractivity contribution in [3.8, 4) is 0 Å². The van der Waals surface area contributed by atoms with Gasteiger partial charge in [-0.2, -0.15) is 0 Å². The second-order valence-corrected chi connectivity index (χ2v) is 5.94. The molecule has 0 aliphatic heterocycles. The summed E-state index contributed by atoms with van der Waals surface area (Å²) in [5.74, 6) is 0.824. The van der Waals surface area contributed by atoms with E-state index in [0.717, 1.165) is 5.92 Å². The van der Waals surface area contributed by atoms with E-state index in [0.29, 0.717) is 12.1 Å². The molecular formula is C13H22N2S. The molecule has 1 aromatic heterocycles. The van der Waals surface area contributed by atoms with Crippen LogP contribution in [0.3, 0.4) is 0 Å². The van der Waals surface area contributed by atoms with Gasteiger partial charge in [0.2, 0.25) is 0 Å². The molecule has 0 aromatic carbocycles. The molecule has 1 heterocycles. The zero-order chi connectivity index (χ0) is 11.5. The number of aryl methyl sites for hydroxylation is 1. The van der Waals surface area contributed by atoms with E-state index in [4.69, 9.17) is 0 Å². The van der Waals surface area contributed by atoms with Crippen LogP contribution in [0.5, 0.6) is 0 Å². The SMILES string of the molecule is Cc1ncsc1C(C)NC1CCCCC1C. The predicted molar refractivity (Wildman–Crippen MR) is 69.8 cm³/mol. The summed E-state index contributed by atoms with van der Waals surface area (Å²) in [4.78, 5) is 5.73. The van der Waals surface area contributed by atoms with Crippen LogP contribution in [0.25, 0.3) is 0 Å². The third kappa shape index (κ3) is 2.64. The molecule has 3 atom stereocenters. The first-order valence-electron chi connectivity index (χ1n) is 6.34. The first kappa shape index (κ1) is 12.1. The summed E-state index contributed by atoms with van der Waals surface area (Å²) in [7, 11) is 0. The van der Waals surface area contributed by atoms with E-state index < -0.39 is 0 Å². The smallest absolute Gasteiger partial charge is 0.0798 e. The number of nitrogens with zero attached hydrogens (tertiary/aromatic N) is 1. The Kier molecular flexibility index (Phi) is 3.98. The molecule has 2 rings (SSSR count). The van der Waals surface area contributed by atoms with E-state index in [9.17, 15) is 0 Å². The topological polar surface area (TPSA) is 24.9 Å². The van der Waals surface area contributed by atoms with E-state index in [-0.39, 0.29) is 0 Å². The molecule has 90 valence electrons. The molecule has 0 bridgehead atoms. The largest absolute Gasteiger partial charge is 0.306 e. The Morgan fingerprint density at radius 3 is 2.81 bits per heavy atom. The quantitative estimate of drug-likeness (QED) is 0.869. The van der Waals surface area contributed by atoms with E-state index >= 15 is 0 Å². The van der Waals surface area contributed by atoms with E-state index in [1.165, 1.54) is 36.3 Å². The zero-order valence-corrected chi connectivity index (χ0v) is 11.3. The van der Waals surface area contributed by atoms with E-state index in [1.807, 2.05) is 5.51 Å². The van der Waals surface area contributed by atoms with Crippen LogP contribution >= 0.6 is 11.3 Å². The van der Waals surface area contributed by atoms with Crippen LogP contribution in [0.4, 0.5) is 0 Å². The van der Waals surface area contributed by atoms with Crippen molar-refractivity contribution in [3.63, 3.8) is 0 Å². The lowest BCUT2D eigenvalue weighted by Crippen LogP contribution is -2.38. The molecule has 3 heteroatoms. The van der Waals surface area contributed by atoms with Gasteiger partial charge in [0.1, 0.15) is 0 Å². The monoisotopic (exact) mass is 238 g/mol. The summed E-state index contributed by atoms with van der Waals surface area (Å²) in [5, 5.41) is 3.78. The molecule has 0 amide bonds. The molecule has 0 radical (unpaired) electrons. The molecule has 1 saturated carbocycles. The number of nitrogens with one attached hydrogen (secondary N) is 1. The van der Waals surface area contributed by atoms with Gasteiger partial charge in [0.05, 0.1) is 11.2 Å². The second kappa shape index (κ2) is 5.28. The molecule has 0 saturated heterocycles. The highest BCUT2D eigenvalue weighted by atomic mass is 32.1. The van der Waals surface area contributed by atoms with E-state index in [2.05, 4.69) is 31.1 Å². The van der Waals surface area contributed by atoms with Gasteiger partial charge in [0.25, 0.3) is 0 Å². The fourth-order valence-electron chi connectivity index (χ4n) is 2.69. The van der Waals surface area contributed by atoms with Gasteiger partial charge in [0.15, 0.2) is 0 Å². The van der Waals surface area contributed by atoms with Gasteiger partial charge in [0, 0.05) is 17.0 Å². The number of hydrogen-bond acceptors (Lipinski definition) is 3. The third-order valence-corrected chi connectivity index (χ3v) is 4.87. The number of rotatable bonds is 3. The van der Waals surface area contributed by atoms with Crippen molar-refractivity contribution < 1.29 is 0 Å². The Morgan fingerprint density at radius 1 is 1.44 bits per heavy atom. The standard InChI is InChI=1S/C13H22N2S/c1-9-6-4-5-7-12(9)15-11(3)13-10(2)14-8-16-13/h8-9,11-12,15H,4-7H2,1-3H3. The minimum atomic E-state index is 0.457. The lowest BCUT2D eigenvalue weighted by atomic mass is 9.85. The third-order valence-electron chi connectivity index (χ3n) is 3.75. The maximum absolute atomic E-state index is 4.33. The van der Waals surface area contributed by atoms with Crippen LogP contribution in [0, 0.1) is 12.8 Å². The van der Waals surface area contributed by atoms with E-state index in [1.54, 1.807) is 11.3 Å². The molecule has 1 aromatic rings. The summed E-state index contributed by atoms with van der Waals surface area (Å²) in [6.45, 7) is 6.75. The van der Waals surface area contributed by atoms with Crippen LogP contribution in [-0.2, 0) is 0 Å². The predicted octanol–water partition coefficient (Wildman–Crippen LogP) is 3.68. The van der Waals surface area contributed by atoms with Crippen molar-refractivity contribution in [3.05, 3.63) is 16.1 Å². The summed E-state index contributed by atoms with van der Waals surface area (Å²) in [6.07, 6.45) is 5.51. The fourth-order valence-corrected chi connectivity index (χ4v) is 3.51. The normalized spacial score (nSPS) is 27.9. The van der Waals surface area contributed by atoms with Gasteiger partial charge in [-0.05, 0) is 32.6 Å². The molecule has 1 fully saturated rings. The Labute approximate surface area is 102 Å². The first-order valence-corrected chi connectivity index (χ1v) is 7.22. The van der Waals surface area contributed by atoms with Crippen molar-refractivity contribution in [1.82, 2.24) is 10.3 Å². The van der Waals surface area contributed by atoms with Crippen molar-refractivity contribution in [2.24, 2.45) is 5.92 Å². The molecule has 0 spiro atoms. The Balaban J connectivity index is 1.96. The average Bonchev–Trinajstić information content (AvgIpc) is 2.68.